The van der Waals surface area contributed by atoms with Gasteiger partial charge in [-0.05, 0) is 31.5 Å². The summed E-state index contributed by atoms with van der Waals surface area (Å²) in [5.41, 5.74) is 0.525. The first-order valence-corrected chi connectivity index (χ1v) is 7.95. The lowest BCUT2D eigenvalue weighted by Crippen LogP contribution is -2.38. The van der Waals surface area contributed by atoms with Crippen LogP contribution in [0.25, 0.3) is 0 Å². The molecule has 1 amide bonds. The van der Waals surface area contributed by atoms with Gasteiger partial charge in [0.1, 0.15) is 5.25 Å². The summed E-state index contributed by atoms with van der Waals surface area (Å²) >= 11 is 0. The van der Waals surface area contributed by atoms with E-state index >= 15 is 0 Å². The van der Waals surface area contributed by atoms with E-state index in [9.17, 15) is 17.6 Å². The van der Waals surface area contributed by atoms with Crippen LogP contribution in [0.4, 0.5) is 4.39 Å². The second kappa shape index (κ2) is 6.21. The number of nitrogens with one attached hydrogen (secondary N) is 1. The van der Waals surface area contributed by atoms with Crippen molar-refractivity contribution >= 4 is 15.7 Å². The molecule has 0 radical (unpaired) electrons. The van der Waals surface area contributed by atoms with Crippen LogP contribution in [0, 0.1) is 5.82 Å². The van der Waals surface area contributed by atoms with Crippen molar-refractivity contribution in [2.45, 2.75) is 25.1 Å². The highest BCUT2D eigenvalue weighted by molar-refractivity contribution is 7.92. The third-order valence-corrected chi connectivity index (χ3v) is 4.54. The Morgan fingerprint density at radius 2 is 1.95 bits per heavy atom. The lowest BCUT2D eigenvalue weighted by atomic mass is 10.1. The van der Waals surface area contributed by atoms with E-state index < -0.39 is 32.9 Å². The highest BCUT2D eigenvalue weighted by Gasteiger charge is 2.25. The van der Waals surface area contributed by atoms with Gasteiger partial charge in [0.25, 0.3) is 0 Å². The molecule has 0 fully saturated rings. The molecule has 2 atom stereocenters. The van der Waals surface area contributed by atoms with Crippen molar-refractivity contribution in [3.05, 3.63) is 29.6 Å². The first-order valence-electron chi connectivity index (χ1n) is 5.99. The van der Waals surface area contributed by atoms with Gasteiger partial charge in [0, 0.05) is 6.26 Å². The number of carbonyl (C=O) groups excluding carboxylic acids is 1. The molecule has 0 bridgehead atoms. The number of amides is 1. The molecule has 0 aliphatic carbocycles. The molecule has 1 N–H and O–H groups in total. The molecule has 0 aliphatic heterocycles. The normalized spacial score (nSPS) is 14.4. The summed E-state index contributed by atoms with van der Waals surface area (Å²) in [5.74, 6) is -1.05. The van der Waals surface area contributed by atoms with E-state index in [1.165, 1.54) is 26.2 Å². The number of benzene rings is 1. The lowest BCUT2D eigenvalue weighted by molar-refractivity contribution is -0.121. The van der Waals surface area contributed by atoms with Crippen molar-refractivity contribution in [2.75, 3.05) is 13.4 Å². The van der Waals surface area contributed by atoms with Crippen molar-refractivity contribution < 1.29 is 22.3 Å². The minimum absolute atomic E-state index is 0.108. The zero-order chi connectivity index (χ0) is 15.5. The predicted molar refractivity (Wildman–Crippen MR) is 73.8 cm³/mol. The Kier molecular flexibility index (Phi) is 5.10. The van der Waals surface area contributed by atoms with Crippen molar-refractivity contribution in [3.63, 3.8) is 0 Å². The van der Waals surface area contributed by atoms with Crippen LogP contribution in [-0.2, 0) is 14.6 Å². The molecule has 0 heterocycles. The summed E-state index contributed by atoms with van der Waals surface area (Å²) in [6, 6.07) is 3.80. The number of halogens is 1. The fourth-order valence-electron chi connectivity index (χ4n) is 1.56. The number of hydrogen-bond donors (Lipinski definition) is 1. The average molecular weight is 303 g/mol. The van der Waals surface area contributed by atoms with Gasteiger partial charge in [0.2, 0.25) is 5.91 Å². The van der Waals surface area contributed by atoms with Crippen LogP contribution < -0.4 is 10.1 Å². The van der Waals surface area contributed by atoms with Crippen LogP contribution in [0.5, 0.6) is 5.75 Å². The van der Waals surface area contributed by atoms with E-state index in [4.69, 9.17) is 4.74 Å². The van der Waals surface area contributed by atoms with E-state index in [1.807, 2.05) is 0 Å². The molecule has 1 aromatic carbocycles. The fraction of sp³-hybridized carbons (Fsp3) is 0.462. The number of ether oxygens (including phenoxy) is 1. The van der Waals surface area contributed by atoms with Gasteiger partial charge >= 0.3 is 0 Å². The van der Waals surface area contributed by atoms with E-state index in [0.717, 1.165) is 6.26 Å². The van der Waals surface area contributed by atoms with Crippen LogP contribution in [0.15, 0.2) is 18.2 Å². The Morgan fingerprint density at radius 1 is 1.35 bits per heavy atom. The third-order valence-electron chi connectivity index (χ3n) is 3.05. The average Bonchev–Trinajstić information content (AvgIpc) is 2.36. The summed E-state index contributed by atoms with van der Waals surface area (Å²) < 4.78 is 40.9. The number of methoxy groups -OCH3 is 1. The quantitative estimate of drug-likeness (QED) is 0.893. The van der Waals surface area contributed by atoms with Crippen LogP contribution in [0.3, 0.4) is 0 Å². The molecule has 0 spiro atoms. The van der Waals surface area contributed by atoms with Crippen molar-refractivity contribution in [1.82, 2.24) is 5.32 Å². The third kappa shape index (κ3) is 3.93. The van der Waals surface area contributed by atoms with Gasteiger partial charge in [0.05, 0.1) is 13.2 Å². The van der Waals surface area contributed by atoms with Gasteiger partial charge in [-0.1, -0.05) is 6.07 Å². The summed E-state index contributed by atoms with van der Waals surface area (Å²) in [6.07, 6.45) is 0.995. The minimum Gasteiger partial charge on any atom is -0.494 e. The molecule has 1 aromatic rings. The number of sulfone groups is 1. The standard InChI is InChI=1S/C13H18FNO4S/c1-8(15-13(16)9(2)20(4,17)18)10-5-6-12(19-3)11(14)7-10/h5-9H,1-4H3,(H,15,16)/t8-,9+/m1/s1. The Bertz CT molecular complexity index is 600. The van der Waals surface area contributed by atoms with Gasteiger partial charge in [0.15, 0.2) is 21.4 Å². The van der Waals surface area contributed by atoms with Crippen LogP contribution >= 0.6 is 0 Å². The molecule has 5 nitrogen and oxygen atoms in total. The molecule has 0 unspecified atom stereocenters. The molecule has 112 valence electrons. The van der Waals surface area contributed by atoms with E-state index in [-0.39, 0.29) is 5.75 Å². The van der Waals surface area contributed by atoms with Crippen LogP contribution in [-0.4, -0.2) is 32.9 Å². The highest BCUT2D eigenvalue weighted by atomic mass is 32.2. The number of rotatable bonds is 5. The molecular formula is C13H18FNO4S. The number of hydrogen-bond acceptors (Lipinski definition) is 4. The highest BCUT2D eigenvalue weighted by Crippen LogP contribution is 2.21. The van der Waals surface area contributed by atoms with Crippen molar-refractivity contribution in [2.24, 2.45) is 0 Å². The van der Waals surface area contributed by atoms with Crippen LogP contribution in [0.1, 0.15) is 25.5 Å². The SMILES string of the molecule is COc1ccc([C@@H](C)NC(=O)[C@H](C)S(C)(=O)=O)cc1F. The molecule has 1 rings (SSSR count). The zero-order valence-corrected chi connectivity index (χ0v) is 12.6. The second-order valence-corrected chi connectivity index (χ2v) is 6.96. The molecule has 0 aromatic heterocycles. The Hall–Kier alpha value is -1.63. The molecule has 0 saturated heterocycles. The zero-order valence-electron chi connectivity index (χ0n) is 11.8. The van der Waals surface area contributed by atoms with E-state index in [0.29, 0.717) is 5.56 Å². The summed E-state index contributed by atoms with van der Waals surface area (Å²) in [4.78, 5) is 11.8. The topological polar surface area (TPSA) is 72.5 Å². The fourth-order valence-corrected chi connectivity index (χ4v) is 2.02. The smallest absolute Gasteiger partial charge is 0.238 e. The molecule has 0 aliphatic rings. The Labute approximate surface area is 118 Å². The summed E-state index contributed by atoms with van der Waals surface area (Å²) in [7, 11) is -2.10. The summed E-state index contributed by atoms with van der Waals surface area (Å²) in [5, 5.41) is 1.40. The first-order chi connectivity index (χ1) is 9.16. The van der Waals surface area contributed by atoms with Gasteiger partial charge in [-0.25, -0.2) is 12.8 Å². The maximum atomic E-state index is 13.6. The molecule has 0 saturated carbocycles. The van der Waals surface area contributed by atoms with Crippen molar-refractivity contribution in [3.8, 4) is 5.75 Å². The van der Waals surface area contributed by atoms with E-state index in [1.54, 1.807) is 13.0 Å². The Balaban J connectivity index is 2.84. The monoisotopic (exact) mass is 303 g/mol. The summed E-state index contributed by atoms with van der Waals surface area (Å²) in [6.45, 7) is 2.96. The Morgan fingerprint density at radius 3 is 2.40 bits per heavy atom. The molecular weight excluding hydrogens is 285 g/mol. The lowest BCUT2D eigenvalue weighted by Gasteiger charge is -2.17. The first kappa shape index (κ1) is 16.4. The van der Waals surface area contributed by atoms with Crippen molar-refractivity contribution in [1.29, 1.82) is 0 Å². The maximum absolute atomic E-state index is 13.6. The second-order valence-electron chi connectivity index (χ2n) is 4.60. The van der Waals surface area contributed by atoms with E-state index in [2.05, 4.69) is 5.32 Å². The molecule has 20 heavy (non-hydrogen) atoms. The predicted octanol–water partition coefficient (Wildman–Crippen LogP) is 1.44. The van der Waals surface area contributed by atoms with Gasteiger partial charge < -0.3 is 10.1 Å². The van der Waals surface area contributed by atoms with Gasteiger partial charge in [-0.15, -0.1) is 0 Å². The largest absolute Gasteiger partial charge is 0.494 e. The molecule has 7 heteroatoms. The number of carbonyl (C=O) groups is 1. The van der Waals surface area contributed by atoms with Crippen LogP contribution in [0.2, 0.25) is 0 Å². The minimum atomic E-state index is -3.45. The van der Waals surface area contributed by atoms with Gasteiger partial charge in [-0.3, -0.25) is 4.79 Å². The van der Waals surface area contributed by atoms with Gasteiger partial charge in [-0.2, -0.15) is 0 Å². The maximum Gasteiger partial charge on any atom is 0.238 e.